The highest BCUT2D eigenvalue weighted by Crippen LogP contribution is 2.17. The predicted octanol–water partition coefficient (Wildman–Crippen LogP) is 1.35. The number of carbonyl (C=O) groups excluding carboxylic acids is 2. The van der Waals surface area contributed by atoms with Gasteiger partial charge in [0.15, 0.2) is 5.78 Å². The number of aromatic nitrogens is 1. The van der Waals surface area contributed by atoms with E-state index in [-0.39, 0.29) is 11.3 Å². The van der Waals surface area contributed by atoms with Crippen LogP contribution in [0.5, 0.6) is 0 Å². The molecule has 2 heterocycles. The lowest BCUT2D eigenvalue weighted by Gasteiger charge is -2.29. The summed E-state index contributed by atoms with van der Waals surface area (Å²) in [5.41, 5.74) is 0.414. The van der Waals surface area contributed by atoms with Crippen LogP contribution in [-0.4, -0.2) is 48.3 Å². The first-order valence-corrected chi connectivity index (χ1v) is 8.10. The molecule has 0 bridgehead atoms. The number of carbonyl (C=O) groups is 2. The van der Waals surface area contributed by atoms with E-state index in [4.69, 9.17) is 0 Å². The number of hydrogen-bond donors (Lipinski definition) is 2. The molecular weight excluding hydrogens is 294 g/mol. The molecule has 1 saturated heterocycles. The van der Waals surface area contributed by atoms with Crippen molar-refractivity contribution in [1.82, 2.24) is 15.2 Å². The highest BCUT2D eigenvalue weighted by molar-refractivity contribution is 5.99. The number of rotatable bonds is 5. The molecule has 1 aromatic heterocycles. The van der Waals surface area contributed by atoms with Crippen molar-refractivity contribution in [2.45, 2.75) is 33.1 Å². The summed E-state index contributed by atoms with van der Waals surface area (Å²) in [6, 6.07) is 1.39. The van der Waals surface area contributed by atoms with Crippen molar-refractivity contribution >= 4 is 11.7 Å². The number of H-pyrrole nitrogens is 1. The number of piperidine rings is 1. The fourth-order valence-corrected chi connectivity index (χ4v) is 3.15. The van der Waals surface area contributed by atoms with Crippen LogP contribution in [-0.2, 0) is 0 Å². The third kappa shape index (κ3) is 4.51. The van der Waals surface area contributed by atoms with Crippen LogP contribution in [0, 0.1) is 12.8 Å². The van der Waals surface area contributed by atoms with Crippen LogP contribution in [0.3, 0.4) is 0 Å². The van der Waals surface area contributed by atoms with Gasteiger partial charge in [0.1, 0.15) is 5.56 Å². The fraction of sp³-hybridized carbons (Fsp3) is 0.588. The summed E-state index contributed by atoms with van der Waals surface area (Å²) in [5, 5.41) is 2.80. The maximum absolute atomic E-state index is 12.2. The molecule has 1 atom stereocenters. The van der Waals surface area contributed by atoms with Gasteiger partial charge in [-0.3, -0.25) is 14.4 Å². The third-order valence-electron chi connectivity index (χ3n) is 4.42. The highest BCUT2D eigenvalue weighted by Gasteiger charge is 2.18. The molecule has 0 aromatic carbocycles. The molecule has 1 aliphatic rings. The molecule has 126 valence electrons. The molecule has 1 aliphatic heterocycles. The van der Waals surface area contributed by atoms with Gasteiger partial charge in [0, 0.05) is 24.3 Å². The lowest BCUT2D eigenvalue weighted by Crippen LogP contribution is -2.35. The molecule has 23 heavy (non-hydrogen) atoms. The second kappa shape index (κ2) is 7.55. The smallest absolute Gasteiger partial charge is 0.261 e. The van der Waals surface area contributed by atoms with Gasteiger partial charge < -0.3 is 15.2 Å². The number of ketones is 1. The molecule has 6 nitrogen and oxygen atoms in total. The lowest BCUT2D eigenvalue weighted by molar-refractivity contribution is 0.0946. The standard InChI is InChI=1S/C17H25N3O3/c1-11-14(12(2)21)9-15(17(23)19-11)16(22)18-7-6-13-5-4-8-20(3)10-13/h9,13H,4-8,10H2,1-3H3,(H,18,22)(H,19,23). The topological polar surface area (TPSA) is 82.3 Å². The minimum Gasteiger partial charge on any atom is -0.352 e. The van der Waals surface area contributed by atoms with Crippen molar-refractivity contribution in [2.24, 2.45) is 5.92 Å². The van der Waals surface area contributed by atoms with E-state index >= 15 is 0 Å². The number of nitrogens with one attached hydrogen (secondary N) is 2. The minimum atomic E-state index is -0.456. The van der Waals surface area contributed by atoms with E-state index in [0.29, 0.717) is 23.7 Å². The summed E-state index contributed by atoms with van der Waals surface area (Å²) in [4.78, 5) is 40.6. The Bertz CT molecular complexity index is 651. The van der Waals surface area contributed by atoms with Gasteiger partial charge in [-0.1, -0.05) is 0 Å². The maximum Gasteiger partial charge on any atom is 0.261 e. The summed E-state index contributed by atoms with van der Waals surface area (Å²) >= 11 is 0. The van der Waals surface area contributed by atoms with Crippen LogP contribution in [0.1, 0.15) is 52.6 Å². The zero-order valence-electron chi connectivity index (χ0n) is 14.1. The van der Waals surface area contributed by atoms with Crippen molar-refractivity contribution in [2.75, 3.05) is 26.7 Å². The first-order chi connectivity index (χ1) is 10.9. The van der Waals surface area contributed by atoms with Gasteiger partial charge in [-0.2, -0.15) is 0 Å². The fourth-order valence-electron chi connectivity index (χ4n) is 3.15. The van der Waals surface area contributed by atoms with E-state index in [1.54, 1.807) is 6.92 Å². The van der Waals surface area contributed by atoms with Gasteiger partial charge in [0.05, 0.1) is 0 Å². The number of aryl methyl sites for hydroxylation is 1. The molecule has 1 fully saturated rings. The third-order valence-corrected chi connectivity index (χ3v) is 4.42. The molecule has 2 rings (SSSR count). The summed E-state index contributed by atoms with van der Waals surface area (Å²) in [6.07, 6.45) is 3.27. The van der Waals surface area contributed by atoms with E-state index < -0.39 is 11.5 Å². The molecular formula is C17H25N3O3. The molecule has 1 unspecified atom stereocenters. The van der Waals surface area contributed by atoms with Crippen LogP contribution in [0.4, 0.5) is 0 Å². The number of hydrogen-bond acceptors (Lipinski definition) is 4. The van der Waals surface area contributed by atoms with Gasteiger partial charge >= 0.3 is 0 Å². The van der Waals surface area contributed by atoms with Crippen molar-refractivity contribution in [1.29, 1.82) is 0 Å². The number of likely N-dealkylation sites (tertiary alicyclic amines) is 1. The van der Waals surface area contributed by atoms with Crippen LogP contribution in [0.25, 0.3) is 0 Å². The molecule has 0 aliphatic carbocycles. The number of amides is 1. The van der Waals surface area contributed by atoms with Crippen LogP contribution in [0.15, 0.2) is 10.9 Å². The number of pyridine rings is 1. The Balaban J connectivity index is 1.97. The Kier molecular flexibility index (Phi) is 5.71. The molecule has 1 amide bonds. The van der Waals surface area contributed by atoms with Crippen molar-refractivity contribution in [3.8, 4) is 0 Å². The zero-order chi connectivity index (χ0) is 17.0. The summed E-state index contributed by atoms with van der Waals surface area (Å²) in [6.45, 7) is 5.80. The molecule has 1 aromatic rings. The summed E-state index contributed by atoms with van der Waals surface area (Å²) in [5.74, 6) is -0.00547. The predicted molar refractivity (Wildman–Crippen MR) is 89.0 cm³/mol. The molecule has 0 radical (unpaired) electrons. The van der Waals surface area contributed by atoms with Crippen LogP contribution >= 0.6 is 0 Å². The second-order valence-electron chi connectivity index (χ2n) is 6.42. The average molecular weight is 319 g/mol. The van der Waals surface area contributed by atoms with Crippen molar-refractivity contribution in [3.63, 3.8) is 0 Å². The summed E-state index contributed by atoms with van der Waals surface area (Å²) < 4.78 is 0. The summed E-state index contributed by atoms with van der Waals surface area (Å²) in [7, 11) is 2.11. The average Bonchev–Trinajstić information content (AvgIpc) is 2.46. The van der Waals surface area contributed by atoms with Gasteiger partial charge in [0.2, 0.25) is 0 Å². The number of Topliss-reactive ketones (excluding diaryl/α,β-unsaturated/α-hetero) is 1. The first kappa shape index (κ1) is 17.4. The first-order valence-electron chi connectivity index (χ1n) is 8.10. The van der Waals surface area contributed by atoms with E-state index in [1.165, 1.54) is 25.8 Å². The Morgan fingerprint density at radius 1 is 1.39 bits per heavy atom. The SMILES string of the molecule is CC(=O)c1cc(C(=O)NCCC2CCCN(C)C2)c(=O)[nH]c1C. The monoisotopic (exact) mass is 319 g/mol. The van der Waals surface area contributed by atoms with Crippen LogP contribution < -0.4 is 10.9 Å². The van der Waals surface area contributed by atoms with E-state index in [0.717, 1.165) is 19.5 Å². The van der Waals surface area contributed by atoms with Gasteiger partial charge in [-0.25, -0.2) is 0 Å². The van der Waals surface area contributed by atoms with E-state index in [1.807, 2.05) is 0 Å². The van der Waals surface area contributed by atoms with Gasteiger partial charge in [-0.15, -0.1) is 0 Å². The molecule has 0 saturated carbocycles. The Labute approximate surface area is 136 Å². The molecule has 6 heteroatoms. The van der Waals surface area contributed by atoms with Crippen molar-refractivity contribution < 1.29 is 9.59 Å². The largest absolute Gasteiger partial charge is 0.352 e. The van der Waals surface area contributed by atoms with Crippen molar-refractivity contribution in [3.05, 3.63) is 33.2 Å². The normalized spacial score (nSPS) is 18.7. The highest BCUT2D eigenvalue weighted by atomic mass is 16.2. The quantitative estimate of drug-likeness (QED) is 0.803. The van der Waals surface area contributed by atoms with Crippen LogP contribution in [0.2, 0.25) is 0 Å². The van der Waals surface area contributed by atoms with E-state index in [9.17, 15) is 14.4 Å². The Morgan fingerprint density at radius 3 is 2.78 bits per heavy atom. The molecule has 0 spiro atoms. The van der Waals surface area contributed by atoms with Gasteiger partial charge in [0.25, 0.3) is 11.5 Å². The molecule has 2 N–H and O–H groups in total. The zero-order valence-corrected chi connectivity index (χ0v) is 14.1. The Morgan fingerprint density at radius 2 is 2.13 bits per heavy atom. The lowest BCUT2D eigenvalue weighted by atomic mass is 9.95. The number of aromatic amines is 1. The number of nitrogens with zero attached hydrogens (tertiary/aromatic N) is 1. The maximum atomic E-state index is 12.2. The minimum absolute atomic E-state index is 0.00145. The Hall–Kier alpha value is -1.95. The second-order valence-corrected chi connectivity index (χ2v) is 6.42. The van der Waals surface area contributed by atoms with Gasteiger partial charge in [-0.05, 0) is 58.7 Å². The van der Waals surface area contributed by atoms with E-state index in [2.05, 4.69) is 22.2 Å².